The zero-order valence-corrected chi connectivity index (χ0v) is 13.6. The van der Waals surface area contributed by atoms with Crippen molar-refractivity contribution in [1.82, 2.24) is 4.31 Å². The summed E-state index contributed by atoms with van der Waals surface area (Å²) in [6.07, 6.45) is 0.833. The van der Waals surface area contributed by atoms with Crippen LogP contribution >= 0.6 is 0 Å². The third kappa shape index (κ3) is 3.86. The summed E-state index contributed by atoms with van der Waals surface area (Å²) in [6, 6.07) is 17.3. The Balaban J connectivity index is 1.58. The van der Waals surface area contributed by atoms with E-state index < -0.39 is 15.8 Å². The Labute approximate surface area is 136 Å². The number of carbonyl (C=O) groups is 1. The molecule has 3 rings (SSSR count). The van der Waals surface area contributed by atoms with Crippen molar-refractivity contribution in [3.8, 4) is 0 Å². The zero-order valence-electron chi connectivity index (χ0n) is 12.8. The number of aryl methyl sites for hydroxylation is 1. The van der Waals surface area contributed by atoms with Gasteiger partial charge in [0.1, 0.15) is 11.5 Å². The molecule has 0 N–H and O–H groups in total. The Morgan fingerprint density at radius 3 is 2.09 bits per heavy atom. The van der Waals surface area contributed by atoms with Gasteiger partial charge in [-0.3, -0.25) is 4.79 Å². The maximum absolute atomic E-state index is 12.4. The molecule has 0 bridgehead atoms. The number of carbonyl (C=O) groups excluding carboxylic acids is 1. The molecule has 0 atom stereocenters. The molecule has 1 heterocycles. The highest BCUT2D eigenvalue weighted by Crippen LogP contribution is 2.25. The third-order valence-electron chi connectivity index (χ3n) is 4.08. The number of Topliss-reactive ketones (excluding diaryl/α,β-unsaturated/α-hetero) is 1. The molecular weight excluding hydrogens is 310 g/mol. The molecule has 2 aromatic rings. The molecular formula is C18H19NO3S. The largest absolute Gasteiger partial charge is 0.299 e. The van der Waals surface area contributed by atoms with Gasteiger partial charge in [-0.2, -0.15) is 4.31 Å². The minimum absolute atomic E-state index is 0.232. The fourth-order valence-electron chi connectivity index (χ4n) is 2.79. The molecule has 0 fully saturated rings. The maximum atomic E-state index is 12.4. The quantitative estimate of drug-likeness (QED) is 0.818. The van der Waals surface area contributed by atoms with Crippen molar-refractivity contribution in [2.45, 2.75) is 25.9 Å². The molecule has 0 saturated heterocycles. The van der Waals surface area contributed by atoms with Crippen LogP contribution in [0.1, 0.15) is 23.1 Å². The summed E-state index contributed by atoms with van der Waals surface area (Å²) in [7, 11) is -3.55. The number of hydrogen-bond donors (Lipinski definition) is 0. The lowest BCUT2D eigenvalue weighted by molar-refractivity contribution is -0.116. The van der Waals surface area contributed by atoms with Crippen LogP contribution in [0.2, 0.25) is 0 Å². The molecule has 0 spiro atoms. The van der Waals surface area contributed by atoms with Crippen LogP contribution in [0.5, 0.6) is 0 Å². The van der Waals surface area contributed by atoms with E-state index in [1.165, 1.54) is 4.31 Å². The highest BCUT2D eigenvalue weighted by atomic mass is 32.2. The Bertz CT molecular complexity index is 775. The van der Waals surface area contributed by atoms with Crippen molar-refractivity contribution in [3.63, 3.8) is 0 Å². The summed E-state index contributed by atoms with van der Waals surface area (Å²) in [4.78, 5) is 12.1. The minimum Gasteiger partial charge on any atom is -0.299 e. The number of sulfonamides is 1. The van der Waals surface area contributed by atoms with E-state index in [0.29, 0.717) is 19.5 Å². The molecule has 2 aromatic carbocycles. The predicted octanol–water partition coefficient (Wildman–Crippen LogP) is 2.53. The van der Waals surface area contributed by atoms with Crippen molar-refractivity contribution < 1.29 is 13.2 Å². The van der Waals surface area contributed by atoms with E-state index in [1.54, 1.807) is 0 Å². The van der Waals surface area contributed by atoms with Crippen LogP contribution in [0.3, 0.4) is 0 Å². The fourth-order valence-corrected chi connectivity index (χ4v) is 4.20. The van der Waals surface area contributed by atoms with E-state index in [4.69, 9.17) is 0 Å². The highest BCUT2D eigenvalue weighted by Gasteiger charge is 2.30. The van der Waals surface area contributed by atoms with Gasteiger partial charge in [0.15, 0.2) is 0 Å². The van der Waals surface area contributed by atoms with Gasteiger partial charge < -0.3 is 0 Å². The van der Waals surface area contributed by atoms with Crippen molar-refractivity contribution in [1.29, 1.82) is 0 Å². The first-order valence-electron chi connectivity index (χ1n) is 7.65. The first kappa shape index (κ1) is 15.9. The van der Waals surface area contributed by atoms with Gasteiger partial charge in [0.2, 0.25) is 10.0 Å². The number of ketones is 1. The van der Waals surface area contributed by atoms with Gasteiger partial charge in [0.05, 0.1) is 0 Å². The second-order valence-corrected chi connectivity index (χ2v) is 7.79. The molecule has 5 heteroatoms. The monoisotopic (exact) mass is 329 g/mol. The summed E-state index contributed by atoms with van der Waals surface area (Å²) in [5.74, 6) is -0.641. The molecule has 0 aromatic heterocycles. The molecule has 1 aliphatic heterocycles. The van der Waals surface area contributed by atoms with Gasteiger partial charge in [0.25, 0.3) is 0 Å². The van der Waals surface area contributed by atoms with Crippen LogP contribution < -0.4 is 0 Å². The summed E-state index contributed by atoms with van der Waals surface area (Å²) in [5.41, 5.74) is 3.09. The lowest BCUT2D eigenvalue weighted by Gasteiger charge is -2.15. The molecule has 0 saturated carbocycles. The van der Waals surface area contributed by atoms with Crippen molar-refractivity contribution >= 4 is 15.8 Å². The van der Waals surface area contributed by atoms with Gasteiger partial charge in [-0.05, 0) is 23.1 Å². The fraction of sp³-hybridized carbons (Fsp3) is 0.278. The molecule has 120 valence electrons. The van der Waals surface area contributed by atoms with Crippen LogP contribution in [0.4, 0.5) is 0 Å². The second kappa shape index (κ2) is 6.64. The predicted molar refractivity (Wildman–Crippen MR) is 89.2 cm³/mol. The third-order valence-corrected chi connectivity index (χ3v) is 5.82. The Morgan fingerprint density at radius 2 is 1.48 bits per heavy atom. The van der Waals surface area contributed by atoms with Crippen LogP contribution in [0.25, 0.3) is 0 Å². The van der Waals surface area contributed by atoms with E-state index in [9.17, 15) is 13.2 Å². The van der Waals surface area contributed by atoms with E-state index in [1.807, 2.05) is 54.6 Å². The Morgan fingerprint density at radius 1 is 0.913 bits per heavy atom. The topological polar surface area (TPSA) is 54.5 Å². The first-order chi connectivity index (χ1) is 11.0. The van der Waals surface area contributed by atoms with Gasteiger partial charge in [-0.25, -0.2) is 8.42 Å². The van der Waals surface area contributed by atoms with Crippen LogP contribution in [-0.2, 0) is 34.3 Å². The molecule has 0 aliphatic carbocycles. The average molecular weight is 329 g/mol. The van der Waals surface area contributed by atoms with Crippen molar-refractivity contribution in [2.24, 2.45) is 0 Å². The van der Waals surface area contributed by atoms with Crippen LogP contribution in [0, 0.1) is 0 Å². The number of fused-ring (bicyclic) bond motifs is 1. The number of hydrogen-bond acceptors (Lipinski definition) is 3. The van der Waals surface area contributed by atoms with Crippen molar-refractivity contribution in [2.75, 3.05) is 5.75 Å². The molecule has 23 heavy (non-hydrogen) atoms. The summed E-state index contributed by atoms with van der Waals surface area (Å²) < 4.78 is 26.3. The average Bonchev–Trinajstić information content (AvgIpc) is 2.99. The first-order valence-corrected chi connectivity index (χ1v) is 9.26. The molecule has 0 amide bonds. The number of benzene rings is 2. The molecule has 0 unspecified atom stereocenters. The van der Waals surface area contributed by atoms with Crippen LogP contribution in [-0.4, -0.2) is 24.3 Å². The Hall–Kier alpha value is -1.98. The smallest absolute Gasteiger partial charge is 0.221 e. The van der Waals surface area contributed by atoms with Gasteiger partial charge in [-0.1, -0.05) is 54.6 Å². The SMILES string of the molecule is O=C(CCc1ccccc1)CS(=O)(=O)N1Cc2ccccc2C1. The van der Waals surface area contributed by atoms with Crippen LogP contribution in [0.15, 0.2) is 54.6 Å². The second-order valence-electron chi connectivity index (χ2n) is 5.82. The lowest BCUT2D eigenvalue weighted by Crippen LogP contribution is -2.31. The van der Waals surface area contributed by atoms with E-state index in [2.05, 4.69) is 0 Å². The molecule has 0 radical (unpaired) electrons. The summed E-state index contributed by atoms with van der Waals surface area (Å²) >= 11 is 0. The van der Waals surface area contributed by atoms with Gasteiger partial charge in [0, 0.05) is 19.5 Å². The normalized spacial score (nSPS) is 14.6. The lowest BCUT2D eigenvalue weighted by atomic mass is 10.1. The highest BCUT2D eigenvalue weighted by molar-refractivity contribution is 7.89. The zero-order chi connectivity index (χ0) is 16.3. The maximum Gasteiger partial charge on any atom is 0.221 e. The minimum atomic E-state index is -3.55. The van der Waals surface area contributed by atoms with Gasteiger partial charge in [-0.15, -0.1) is 0 Å². The standard InChI is InChI=1S/C18H19NO3S/c20-18(11-10-15-6-2-1-3-7-15)14-23(21,22)19-12-16-8-4-5-9-17(16)13-19/h1-9H,10-14H2. The number of rotatable bonds is 6. The Kier molecular flexibility index (Phi) is 4.59. The van der Waals surface area contributed by atoms with E-state index >= 15 is 0 Å². The van der Waals surface area contributed by atoms with E-state index in [0.717, 1.165) is 16.7 Å². The van der Waals surface area contributed by atoms with Gasteiger partial charge >= 0.3 is 0 Å². The summed E-state index contributed by atoms with van der Waals surface area (Å²) in [6.45, 7) is 0.731. The molecule has 1 aliphatic rings. The van der Waals surface area contributed by atoms with Crippen molar-refractivity contribution in [3.05, 3.63) is 71.3 Å². The number of nitrogens with zero attached hydrogens (tertiary/aromatic N) is 1. The van der Waals surface area contributed by atoms with E-state index in [-0.39, 0.29) is 12.2 Å². The molecule has 4 nitrogen and oxygen atoms in total. The summed E-state index contributed by atoms with van der Waals surface area (Å²) in [5, 5.41) is 0.